The van der Waals surface area contributed by atoms with Gasteiger partial charge in [-0.1, -0.05) is 49.7 Å². The summed E-state index contributed by atoms with van der Waals surface area (Å²) in [6.07, 6.45) is 0.115. The zero-order chi connectivity index (χ0) is 22.1. The Labute approximate surface area is 182 Å². The fourth-order valence-corrected chi connectivity index (χ4v) is 4.17. The summed E-state index contributed by atoms with van der Waals surface area (Å²) in [7, 11) is 0. The van der Waals surface area contributed by atoms with Gasteiger partial charge in [-0.05, 0) is 66.1 Å². The molecule has 0 amide bonds. The van der Waals surface area contributed by atoms with Gasteiger partial charge in [-0.25, -0.2) is 4.79 Å². The highest BCUT2D eigenvalue weighted by molar-refractivity contribution is 6.30. The van der Waals surface area contributed by atoms with Crippen LogP contribution in [-0.4, -0.2) is 18.5 Å². The predicted octanol–water partition coefficient (Wildman–Crippen LogP) is 6.90. The molecule has 1 aliphatic rings. The molecule has 0 saturated heterocycles. The average Bonchev–Trinajstić information content (AvgIpc) is 2.63. The average molecular weight is 427 g/mol. The lowest BCUT2D eigenvalue weighted by Gasteiger charge is -2.32. The number of halogens is 1. The number of aryl methyl sites for hydroxylation is 2. The molecule has 30 heavy (non-hydrogen) atoms. The van der Waals surface area contributed by atoms with Gasteiger partial charge < -0.3 is 9.47 Å². The molecule has 1 aliphatic carbocycles. The van der Waals surface area contributed by atoms with Gasteiger partial charge in [0, 0.05) is 17.9 Å². The lowest BCUT2D eigenvalue weighted by molar-refractivity contribution is -0.116. The van der Waals surface area contributed by atoms with Crippen molar-refractivity contribution in [3.05, 3.63) is 63.9 Å². The lowest BCUT2D eigenvalue weighted by Crippen LogP contribution is -2.27. The third kappa shape index (κ3) is 4.76. The summed E-state index contributed by atoms with van der Waals surface area (Å²) < 4.78 is 10.5. The Morgan fingerprint density at radius 2 is 1.63 bits per heavy atom. The van der Waals surface area contributed by atoms with Crippen LogP contribution in [0, 0.1) is 19.3 Å². The summed E-state index contributed by atoms with van der Waals surface area (Å²) in [6, 6.07) is 11.8. The fourth-order valence-electron chi connectivity index (χ4n) is 4.04. The van der Waals surface area contributed by atoms with Crippen LogP contribution in [-0.2, 0) is 14.3 Å². The van der Waals surface area contributed by atoms with E-state index in [0.29, 0.717) is 29.2 Å². The van der Waals surface area contributed by atoms with E-state index in [2.05, 4.69) is 0 Å². The lowest BCUT2D eigenvalue weighted by atomic mass is 9.74. The minimum atomic E-state index is -0.774. The number of carbonyl (C=O) groups excluding carboxylic acids is 2. The van der Waals surface area contributed by atoms with Gasteiger partial charge in [-0.2, -0.15) is 0 Å². The number of hydrogen-bond donors (Lipinski definition) is 0. The molecule has 158 valence electrons. The summed E-state index contributed by atoms with van der Waals surface area (Å²) >= 11 is 6.01. The Morgan fingerprint density at radius 3 is 2.20 bits per heavy atom. The molecule has 0 aromatic heterocycles. The number of carbonyl (C=O) groups is 2. The first kappa shape index (κ1) is 22.1. The van der Waals surface area contributed by atoms with E-state index in [1.54, 1.807) is 6.92 Å². The van der Waals surface area contributed by atoms with Crippen molar-refractivity contribution in [2.24, 2.45) is 5.41 Å². The predicted molar refractivity (Wildman–Crippen MR) is 119 cm³/mol. The molecule has 3 rings (SSSR count). The molecule has 2 aromatic carbocycles. The van der Waals surface area contributed by atoms with E-state index in [-0.39, 0.29) is 17.8 Å². The van der Waals surface area contributed by atoms with E-state index in [1.807, 2.05) is 64.1 Å². The molecule has 5 heteroatoms. The van der Waals surface area contributed by atoms with Crippen molar-refractivity contribution in [1.82, 2.24) is 0 Å². The second kappa shape index (κ2) is 8.65. The van der Waals surface area contributed by atoms with Crippen LogP contribution in [0.3, 0.4) is 0 Å². The number of allylic oxidation sites excluding steroid dienone is 2. The topological polar surface area (TPSA) is 52.6 Å². The molecule has 4 nitrogen and oxygen atoms in total. The summed E-state index contributed by atoms with van der Waals surface area (Å²) in [5.74, 6) is 0.371. The van der Waals surface area contributed by atoms with Crippen LogP contribution >= 0.6 is 11.6 Å². The van der Waals surface area contributed by atoms with Gasteiger partial charge in [0.15, 0.2) is 5.78 Å². The van der Waals surface area contributed by atoms with E-state index in [0.717, 1.165) is 27.8 Å². The van der Waals surface area contributed by atoms with Gasteiger partial charge in [0.25, 0.3) is 0 Å². The van der Waals surface area contributed by atoms with Crippen LogP contribution in [0.4, 0.5) is 4.79 Å². The van der Waals surface area contributed by atoms with Crippen molar-refractivity contribution < 1.29 is 19.1 Å². The Balaban J connectivity index is 2.12. The Bertz CT molecular complexity index is 993. The highest BCUT2D eigenvalue weighted by atomic mass is 35.5. The number of ketones is 1. The highest BCUT2D eigenvalue weighted by Crippen LogP contribution is 2.43. The van der Waals surface area contributed by atoms with Crippen molar-refractivity contribution in [2.45, 2.75) is 47.5 Å². The molecular formula is C25H27ClO4. The number of benzene rings is 2. The molecule has 2 aromatic rings. The van der Waals surface area contributed by atoms with Crippen molar-refractivity contribution in [3.8, 4) is 11.1 Å². The largest absolute Gasteiger partial charge is 0.513 e. The first-order valence-electron chi connectivity index (χ1n) is 10.1. The quantitative estimate of drug-likeness (QED) is 0.499. The third-order valence-electron chi connectivity index (χ3n) is 5.26. The van der Waals surface area contributed by atoms with Crippen molar-refractivity contribution in [3.63, 3.8) is 0 Å². The van der Waals surface area contributed by atoms with Crippen molar-refractivity contribution in [1.29, 1.82) is 0 Å². The second-order valence-corrected chi connectivity index (χ2v) is 8.95. The Morgan fingerprint density at radius 1 is 1.03 bits per heavy atom. The van der Waals surface area contributed by atoms with Crippen LogP contribution in [0.25, 0.3) is 16.7 Å². The van der Waals surface area contributed by atoms with E-state index in [1.165, 1.54) is 0 Å². The summed E-state index contributed by atoms with van der Waals surface area (Å²) in [4.78, 5) is 25.2. The minimum absolute atomic E-state index is 0.0176. The Kier molecular flexibility index (Phi) is 6.37. The van der Waals surface area contributed by atoms with Crippen LogP contribution in [0.1, 0.15) is 50.3 Å². The maximum Gasteiger partial charge on any atom is 0.513 e. The van der Waals surface area contributed by atoms with Crippen molar-refractivity contribution >= 4 is 29.1 Å². The minimum Gasteiger partial charge on any atom is -0.434 e. The standard InChI is InChI=1S/C25H27ClO4/c1-6-29-24(28)30-21-14-25(4,5)13-20(27)23(21)22-15(2)11-18(12-16(22)3)17-7-9-19(26)10-8-17/h7-12H,6,13-14H2,1-5H3. The van der Waals surface area contributed by atoms with Gasteiger partial charge in [0.05, 0.1) is 12.2 Å². The molecule has 0 fully saturated rings. The van der Waals surface area contributed by atoms with E-state index >= 15 is 0 Å². The van der Waals surface area contributed by atoms with E-state index < -0.39 is 6.16 Å². The number of ether oxygens (including phenoxy) is 2. The Hall–Kier alpha value is -2.59. The number of Topliss-reactive ketones (excluding diaryl/α,β-unsaturated/α-hetero) is 1. The zero-order valence-corrected chi connectivity index (χ0v) is 18.9. The summed E-state index contributed by atoms with van der Waals surface area (Å²) in [6.45, 7) is 9.88. The maximum atomic E-state index is 13.2. The smallest absolute Gasteiger partial charge is 0.434 e. The molecule has 0 bridgehead atoms. The molecular weight excluding hydrogens is 400 g/mol. The normalized spacial score (nSPS) is 15.9. The highest BCUT2D eigenvalue weighted by Gasteiger charge is 2.37. The molecule has 0 N–H and O–H groups in total. The first-order valence-corrected chi connectivity index (χ1v) is 10.5. The molecule has 0 saturated carbocycles. The molecule has 0 radical (unpaired) electrons. The summed E-state index contributed by atoms with van der Waals surface area (Å²) in [5, 5.41) is 0.685. The molecule has 0 unspecified atom stereocenters. The number of rotatable bonds is 4. The zero-order valence-electron chi connectivity index (χ0n) is 18.1. The van der Waals surface area contributed by atoms with Gasteiger partial charge in [0.2, 0.25) is 0 Å². The van der Waals surface area contributed by atoms with Crippen LogP contribution in [0.15, 0.2) is 42.2 Å². The van der Waals surface area contributed by atoms with Gasteiger partial charge in [-0.3, -0.25) is 4.79 Å². The van der Waals surface area contributed by atoms with E-state index in [4.69, 9.17) is 21.1 Å². The van der Waals surface area contributed by atoms with E-state index in [9.17, 15) is 9.59 Å². The van der Waals surface area contributed by atoms with Gasteiger partial charge >= 0.3 is 6.16 Å². The summed E-state index contributed by atoms with van der Waals surface area (Å²) in [5.41, 5.74) is 5.02. The molecule has 0 aliphatic heterocycles. The fraction of sp³-hybridized carbons (Fsp3) is 0.360. The van der Waals surface area contributed by atoms with Crippen molar-refractivity contribution in [2.75, 3.05) is 6.61 Å². The van der Waals surface area contributed by atoms with Crippen LogP contribution in [0.5, 0.6) is 0 Å². The van der Waals surface area contributed by atoms with Crippen LogP contribution < -0.4 is 0 Å². The monoisotopic (exact) mass is 426 g/mol. The maximum absolute atomic E-state index is 13.2. The SMILES string of the molecule is CCOC(=O)OC1=C(c2c(C)cc(-c3ccc(Cl)cc3)cc2C)C(=O)CC(C)(C)C1. The molecule has 0 spiro atoms. The van der Waals surface area contributed by atoms with Crippen LogP contribution in [0.2, 0.25) is 5.02 Å². The number of hydrogen-bond acceptors (Lipinski definition) is 4. The first-order chi connectivity index (χ1) is 14.1. The second-order valence-electron chi connectivity index (χ2n) is 8.52. The molecule has 0 heterocycles. The molecule has 0 atom stereocenters. The van der Waals surface area contributed by atoms with Gasteiger partial charge in [0.1, 0.15) is 5.76 Å². The third-order valence-corrected chi connectivity index (χ3v) is 5.52. The van der Waals surface area contributed by atoms with Gasteiger partial charge in [-0.15, -0.1) is 0 Å².